The summed E-state index contributed by atoms with van der Waals surface area (Å²) in [7, 11) is 1.82. The van der Waals surface area contributed by atoms with Crippen molar-refractivity contribution in [2.75, 3.05) is 6.54 Å². The lowest BCUT2D eigenvalue weighted by molar-refractivity contribution is -0.134. The lowest BCUT2D eigenvalue weighted by atomic mass is 10.1. The van der Waals surface area contributed by atoms with Gasteiger partial charge in [0.05, 0.1) is 6.20 Å². The highest BCUT2D eigenvalue weighted by Crippen LogP contribution is 2.15. The second-order valence-corrected chi connectivity index (χ2v) is 5.26. The van der Waals surface area contributed by atoms with Gasteiger partial charge in [-0.1, -0.05) is 19.8 Å². The van der Waals surface area contributed by atoms with Gasteiger partial charge in [-0.3, -0.25) is 9.48 Å². The number of nitrogens with zero attached hydrogens (tertiary/aromatic N) is 3. The Hall–Kier alpha value is -1.36. The Labute approximate surface area is 115 Å². The smallest absolute Gasteiger partial charge is 0.244 e. The maximum absolute atomic E-state index is 12.5. The molecule has 0 spiro atoms. The minimum atomic E-state index is -0.613. The molecule has 0 aliphatic carbocycles. The molecular weight excluding hydrogens is 240 g/mol. The molecule has 1 heterocycles. The fourth-order valence-corrected chi connectivity index (χ4v) is 2.08. The highest BCUT2D eigenvalue weighted by molar-refractivity contribution is 5.83. The van der Waals surface area contributed by atoms with Crippen LogP contribution >= 0.6 is 0 Å². The number of rotatable bonds is 7. The Bertz CT molecular complexity index is 400. The zero-order valence-electron chi connectivity index (χ0n) is 12.5. The van der Waals surface area contributed by atoms with Crippen LogP contribution in [0.2, 0.25) is 0 Å². The number of hydrogen-bond donors (Lipinski definition) is 1. The number of aryl methyl sites for hydroxylation is 1. The zero-order valence-corrected chi connectivity index (χ0v) is 12.5. The van der Waals surface area contributed by atoms with Crippen LogP contribution in [-0.4, -0.2) is 33.2 Å². The molecule has 108 valence electrons. The third-order valence-electron chi connectivity index (χ3n) is 3.26. The maximum atomic E-state index is 12.5. The van der Waals surface area contributed by atoms with Gasteiger partial charge in [0.2, 0.25) is 5.91 Å². The van der Waals surface area contributed by atoms with Crippen LogP contribution in [0.25, 0.3) is 0 Å². The van der Waals surface area contributed by atoms with Crippen LogP contribution in [-0.2, 0) is 11.8 Å². The topological polar surface area (TPSA) is 64.2 Å². The molecule has 0 fully saturated rings. The second kappa shape index (κ2) is 7.28. The third kappa shape index (κ3) is 4.35. The summed E-state index contributed by atoms with van der Waals surface area (Å²) in [4.78, 5) is 14.3. The van der Waals surface area contributed by atoms with Gasteiger partial charge in [-0.25, -0.2) is 0 Å². The van der Waals surface area contributed by atoms with E-state index in [1.165, 1.54) is 0 Å². The van der Waals surface area contributed by atoms with Crippen molar-refractivity contribution in [3.05, 3.63) is 18.0 Å². The molecule has 5 nitrogen and oxygen atoms in total. The van der Waals surface area contributed by atoms with Gasteiger partial charge in [0.15, 0.2) is 0 Å². The first-order valence-electron chi connectivity index (χ1n) is 7.02. The molecule has 1 amide bonds. The van der Waals surface area contributed by atoms with E-state index in [-0.39, 0.29) is 11.9 Å². The molecule has 5 heteroatoms. The highest BCUT2D eigenvalue weighted by atomic mass is 16.2. The number of carbonyl (C=O) groups excluding carboxylic acids is 1. The van der Waals surface area contributed by atoms with Gasteiger partial charge in [-0.2, -0.15) is 5.10 Å². The first-order chi connectivity index (χ1) is 8.97. The van der Waals surface area contributed by atoms with Crippen molar-refractivity contribution in [3.63, 3.8) is 0 Å². The first kappa shape index (κ1) is 15.7. The summed E-state index contributed by atoms with van der Waals surface area (Å²) in [5.41, 5.74) is 6.82. The zero-order chi connectivity index (χ0) is 14.4. The number of amides is 1. The van der Waals surface area contributed by atoms with Crippen molar-refractivity contribution in [2.24, 2.45) is 12.8 Å². The first-order valence-corrected chi connectivity index (χ1v) is 7.02. The molecule has 2 N–H and O–H groups in total. The lowest BCUT2D eigenvalue weighted by Crippen LogP contribution is -2.43. The number of hydrogen-bond acceptors (Lipinski definition) is 3. The van der Waals surface area contributed by atoms with Crippen LogP contribution < -0.4 is 5.73 Å². The molecule has 1 rings (SSSR count). The Kier molecular flexibility index (Phi) is 6.02. The second-order valence-electron chi connectivity index (χ2n) is 5.26. The van der Waals surface area contributed by atoms with E-state index in [1.807, 2.05) is 25.8 Å². The van der Waals surface area contributed by atoms with Crippen LogP contribution in [0.3, 0.4) is 0 Å². The monoisotopic (exact) mass is 266 g/mol. The molecule has 0 aromatic carbocycles. The molecule has 0 saturated heterocycles. The van der Waals surface area contributed by atoms with Gasteiger partial charge in [0.1, 0.15) is 6.04 Å². The normalized spacial score (nSPS) is 12.7. The maximum Gasteiger partial charge on any atom is 0.244 e. The van der Waals surface area contributed by atoms with Crippen LogP contribution in [0.5, 0.6) is 0 Å². The van der Waals surface area contributed by atoms with Crippen molar-refractivity contribution < 1.29 is 4.79 Å². The van der Waals surface area contributed by atoms with Crippen molar-refractivity contribution in [1.82, 2.24) is 14.7 Å². The van der Waals surface area contributed by atoms with E-state index < -0.39 is 6.04 Å². The molecule has 1 atom stereocenters. The van der Waals surface area contributed by atoms with Crippen molar-refractivity contribution in [3.8, 4) is 0 Å². The van der Waals surface area contributed by atoms with Gasteiger partial charge in [-0.05, 0) is 20.3 Å². The molecule has 19 heavy (non-hydrogen) atoms. The summed E-state index contributed by atoms with van der Waals surface area (Å²) in [6.07, 6.45) is 6.77. The van der Waals surface area contributed by atoms with E-state index in [0.29, 0.717) is 0 Å². The van der Waals surface area contributed by atoms with E-state index in [2.05, 4.69) is 12.0 Å². The Morgan fingerprint density at radius 1 is 1.47 bits per heavy atom. The molecule has 0 bridgehead atoms. The van der Waals surface area contributed by atoms with E-state index >= 15 is 0 Å². The van der Waals surface area contributed by atoms with Gasteiger partial charge < -0.3 is 10.6 Å². The summed E-state index contributed by atoms with van der Waals surface area (Å²) in [5, 5.41) is 4.07. The van der Waals surface area contributed by atoms with E-state index in [0.717, 1.165) is 31.4 Å². The number of nitrogens with two attached hydrogens (primary N) is 1. The van der Waals surface area contributed by atoms with Crippen LogP contribution in [0.15, 0.2) is 12.4 Å². The Morgan fingerprint density at radius 2 is 2.16 bits per heavy atom. The average molecular weight is 266 g/mol. The minimum Gasteiger partial charge on any atom is -0.339 e. The van der Waals surface area contributed by atoms with E-state index in [1.54, 1.807) is 17.1 Å². The molecule has 0 aliphatic rings. The van der Waals surface area contributed by atoms with Crippen molar-refractivity contribution in [1.29, 1.82) is 0 Å². The summed E-state index contributed by atoms with van der Waals surface area (Å²) < 4.78 is 1.67. The average Bonchev–Trinajstić information content (AvgIpc) is 2.79. The summed E-state index contributed by atoms with van der Waals surface area (Å²) in [5.74, 6) is -0.0147. The molecule has 0 saturated carbocycles. The van der Waals surface area contributed by atoms with Gasteiger partial charge in [0.25, 0.3) is 0 Å². The predicted molar refractivity (Wildman–Crippen MR) is 76.5 cm³/mol. The fraction of sp³-hybridized carbons (Fsp3) is 0.714. The number of aromatic nitrogens is 2. The van der Waals surface area contributed by atoms with Crippen molar-refractivity contribution >= 4 is 5.91 Å². The summed E-state index contributed by atoms with van der Waals surface area (Å²) >= 11 is 0. The third-order valence-corrected chi connectivity index (χ3v) is 3.26. The van der Waals surface area contributed by atoms with Crippen LogP contribution in [0.1, 0.15) is 51.6 Å². The van der Waals surface area contributed by atoms with Crippen LogP contribution in [0.4, 0.5) is 0 Å². The SMILES string of the molecule is CCCCCN(C(=O)C(N)c1cnn(C)c1)C(C)C. The van der Waals surface area contributed by atoms with Gasteiger partial charge in [0, 0.05) is 31.4 Å². The lowest BCUT2D eigenvalue weighted by Gasteiger charge is -2.29. The largest absolute Gasteiger partial charge is 0.339 e. The summed E-state index contributed by atoms with van der Waals surface area (Å²) in [6.45, 7) is 6.99. The van der Waals surface area contributed by atoms with Crippen LogP contribution in [0, 0.1) is 0 Å². The molecule has 0 radical (unpaired) electrons. The van der Waals surface area contributed by atoms with Gasteiger partial charge in [-0.15, -0.1) is 0 Å². The standard InChI is InChI=1S/C14H26N4O/c1-5-6-7-8-18(11(2)3)14(19)13(15)12-9-16-17(4)10-12/h9-11,13H,5-8,15H2,1-4H3. The van der Waals surface area contributed by atoms with E-state index in [4.69, 9.17) is 5.73 Å². The molecular formula is C14H26N4O. The summed E-state index contributed by atoms with van der Waals surface area (Å²) in [6, 6.07) is -0.440. The fourth-order valence-electron chi connectivity index (χ4n) is 2.08. The van der Waals surface area contributed by atoms with Gasteiger partial charge >= 0.3 is 0 Å². The Morgan fingerprint density at radius 3 is 2.63 bits per heavy atom. The Balaban J connectivity index is 2.70. The van der Waals surface area contributed by atoms with E-state index in [9.17, 15) is 4.79 Å². The molecule has 1 unspecified atom stereocenters. The predicted octanol–water partition coefficient (Wildman–Crippen LogP) is 1.85. The molecule has 1 aromatic rings. The minimum absolute atomic E-state index is 0.0147. The molecule has 0 aliphatic heterocycles. The molecule has 1 aromatic heterocycles. The number of unbranched alkanes of at least 4 members (excludes halogenated alkanes) is 2. The van der Waals surface area contributed by atoms with Crippen molar-refractivity contribution in [2.45, 2.75) is 52.1 Å². The quantitative estimate of drug-likeness (QED) is 0.766. The number of carbonyl (C=O) groups is 1. The highest BCUT2D eigenvalue weighted by Gasteiger charge is 2.24.